The Balaban J connectivity index is 2.18. The maximum Gasteiger partial charge on any atom is 0.414 e. The standard InChI is InChI=1S/C15H22N2O2/c1-4-10-17(3)15(18)19-13-7-5-6-11-8-9-12(16-2)14(11)13/h5-7,12,16H,4,8-10H2,1-3H3. The van der Waals surface area contributed by atoms with Crippen LogP contribution in [0.4, 0.5) is 4.79 Å². The molecule has 2 rings (SSSR count). The van der Waals surface area contributed by atoms with Gasteiger partial charge in [0.2, 0.25) is 0 Å². The molecule has 1 aromatic carbocycles. The van der Waals surface area contributed by atoms with E-state index < -0.39 is 0 Å². The zero-order valence-electron chi connectivity index (χ0n) is 11.9. The molecule has 1 N–H and O–H groups in total. The first-order valence-electron chi connectivity index (χ1n) is 6.89. The van der Waals surface area contributed by atoms with Crippen molar-refractivity contribution in [3.05, 3.63) is 29.3 Å². The summed E-state index contributed by atoms with van der Waals surface area (Å²) in [7, 11) is 3.71. The van der Waals surface area contributed by atoms with Gasteiger partial charge in [0.25, 0.3) is 0 Å². The van der Waals surface area contributed by atoms with Gasteiger partial charge >= 0.3 is 6.09 Å². The second-order valence-electron chi connectivity index (χ2n) is 5.00. The minimum atomic E-state index is -0.281. The fraction of sp³-hybridized carbons (Fsp3) is 0.533. The minimum Gasteiger partial charge on any atom is -0.410 e. The Morgan fingerprint density at radius 3 is 3.00 bits per heavy atom. The smallest absolute Gasteiger partial charge is 0.410 e. The molecule has 1 aromatic rings. The number of carbonyl (C=O) groups is 1. The molecule has 0 spiro atoms. The van der Waals surface area contributed by atoms with E-state index in [4.69, 9.17) is 4.74 Å². The molecule has 0 aromatic heterocycles. The van der Waals surface area contributed by atoms with Crippen LogP contribution in [0.15, 0.2) is 18.2 Å². The third-order valence-corrected chi connectivity index (χ3v) is 3.62. The van der Waals surface area contributed by atoms with E-state index in [0.717, 1.165) is 24.8 Å². The van der Waals surface area contributed by atoms with Crippen LogP contribution in [0.5, 0.6) is 5.75 Å². The third kappa shape index (κ3) is 2.89. The fourth-order valence-corrected chi connectivity index (χ4v) is 2.62. The van der Waals surface area contributed by atoms with Crippen LogP contribution < -0.4 is 10.1 Å². The maximum absolute atomic E-state index is 12.0. The summed E-state index contributed by atoms with van der Waals surface area (Å²) in [5, 5.41) is 3.28. The summed E-state index contributed by atoms with van der Waals surface area (Å²) in [6, 6.07) is 6.24. The summed E-state index contributed by atoms with van der Waals surface area (Å²) >= 11 is 0. The number of hydrogen-bond acceptors (Lipinski definition) is 3. The molecular formula is C15H22N2O2. The topological polar surface area (TPSA) is 41.6 Å². The third-order valence-electron chi connectivity index (χ3n) is 3.62. The number of ether oxygens (including phenoxy) is 1. The van der Waals surface area contributed by atoms with Crippen LogP contribution in [0.25, 0.3) is 0 Å². The highest BCUT2D eigenvalue weighted by molar-refractivity contribution is 5.71. The molecule has 1 aliphatic carbocycles. The summed E-state index contributed by atoms with van der Waals surface area (Å²) in [5.41, 5.74) is 2.42. The Bertz CT molecular complexity index is 459. The number of hydrogen-bond donors (Lipinski definition) is 1. The van der Waals surface area contributed by atoms with Crippen molar-refractivity contribution in [2.45, 2.75) is 32.2 Å². The van der Waals surface area contributed by atoms with Crippen molar-refractivity contribution in [1.82, 2.24) is 10.2 Å². The van der Waals surface area contributed by atoms with Gasteiger partial charge < -0.3 is 15.0 Å². The summed E-state index contributed by atoms with van der Waals surface area (Å²) in [4.78, 5) is 13.6. The van der Waals surface area contributed by atoms with Gasteiger partial charge in [-0.2, -0.15) is 0 Å². The predicted octanol–water partition coefficient (Wildman–Crippen LogP) is 2.73. The summed E-state index contributed by atoms with van der Waals surface area (Å²) in [6.07, 6.45) is 2.75. The lowest BCUT2D eigenvalue weighted by atomic mass is 10.1. The number of rotatable bonds is 4. The minimum absolute atomic E-state index is 0.281. The van der Waals surface area contributed by atoms with E-state index in [9.17, 15) is 4.79 Å². The SMILES string of the molecule is CCCN(C)C(=O)Oc1cccc2c1C(NC)CC2. The van der Waals surface area contributed by atoms with Crippen molar-refractivity contribution in [3.63, 3.8) is 0 Å². The lowest BCUT2D eigenvalue weighted by Gasteiger charge is -2.19. The van der Waals surface area contributed by atoms with Crippen molar-refractivity contribution < 1.29 is 9.53 Å². The first kappa shape index (κ1) is 13.9. The molecule has 1 aliphatic rings. The van der Waals surface area contributed by atoms with Crippen LogP contribution in [0, 0.1) is 0 Å². The quantitative estimate of drug-likeness (QED) is 0.907. The highest BCUT2D eigenvalue weighted by Crippen LogP contribution is 2.37. The molecule has 1 amide bonds. The van der Waals surface area contributed by atoms with Gasteiger partial charge in [-0.1, -0.05) is 19.1 Å². The van der Waals surface area contributed by atoms with Crippen molar-refractivity contribution in [1.29, 1.82) is 0 Å². The normalized spacial score (nSPS) is 17.1. The number of aryl methyl sites for hydroxylation is 1. The molecule has 0 bridgehead atoms. The van der Waals surface area contributed by atoms with E-state index in [0.29, 0.717) is 12.3 Å². The Hall–Kier alpha value is -1.55. The number of fused-ring (bicyclic) bond motifs is 1. The molecule has 19 heavy (non-hydrogen) atoms. The van der Waals surface area contributed by atoms with Crippen LogP contribution in [-0.4, -0.2) is 31.6 Å². The zero-order chi connectivity index (χ0) is 13.8. The molecule has 0 saturated carbocycles. The molecule has 4 nitrogen and oxygen atoms in total. The molecule has 0 aliphatic heterocycles. The van der Waals surface area contributed by atoms with Crippen LogP contribution >= 0.6 is 0 Å². The van der Waals surface area contributed by atoms with Gasteiger partial charge in [-0.15, -0.1) is 0 Å². The summed E-state index contributed by atoms with van der Waals surface area (Å²) in [5.74, 6) is 0.697. The first-order valence-corrected chi connectivity index (χ1v) is 6.89. The molecule has 1 atom stereocenters. The van der Waals surface area contributed by atoms with E-state index in [1.165, 1.54) is 5.56 Å². The molecule has 4 heteroatoms. The van der Waals surface area contributed by atoms with Crippen molar-refractivity contribution in [3.8, 4) is 5.75 Å². The van der Waals surface area contributed by atoms with Gasteiger partial charge in [0.15, 0.2) is 0 Å². The Morgan fingerprint density at radius 2 is 2.32 bits per heavy atom. The molecule has 1 unspecified atom stereocenters. The Labute approximate surface area is 114 Å². The van der Waals surface area contributed by atoms with Gasteiger partial charge in [-0.25, -0.2) is 4.79 Å². The van der Waals surface area contributed by atoms with Gasteiger partial charge in [0.1, 0.15) is 5.75 Å². The molecule has 0 heterocycles. The van der Waals surface area contributed by atoms with Crippen LogP contribution in [0.3, 0.4) is 0 Å². The van der Waals surface area contributed by atoms with E-state index in [2.05, 4.69) is 11.4 Å². The lowest BCUT2D eigenvalue weighted by molar-refractivity contribution is 0.162. The van der Waals surface area contributed by atoms with Crippen molar-refractivity contribution in [2.75, 3.05) is 20.6 Å². The highest BCUT2D eigenvalue weighted by atomic mass is 16.6. The second kappa shape index (κ2) is 6.06. The average Bonchev–Trinajstić information content (AvgIpc) is 2.83. The van der Waals surface area contributed by atoms with Crippen LogP contribution in [-0.2, 0) is 6.42 Å². The van der Waals surface area contributed by atoms with E-state index in [-0.39, 0.29) is 12.1 Å². The number of nitrogens with one attached hydrogen (secondary N) is 1. The molecular weight excluding hydrogens is 240 g/mol. The first-order chi connectivity index (χ1) is 9.17. The van der Waals surface area contributed by atoms with Crippen LogP contribution in [0.2, 0.25) is 0 Å². The molecule has 104 valence electrons. The number of amides is 1. The maximum atomic E-state index is 12.0. The Kier molecular flexibility index (Phi) is 4.43. The van der Waals surface area contributed by atoms with E-state index in [1.807, 2.05) is 26.1 Å². The largest absolute Gasteiger partial charge is 0.414 e. The number of carbonyl (C=O) groups excluding carboxylic acids is 1. The average molecular weight is 262 g/mol. The molecule has 0 fully saturated rings. The summed E-state index contributed by atoms with van der Waals surface area (Å²) < 4.78 is 5.55. The fourth-order valence-electron chi connectivity index (χ4n) is 2.62. The summed E-state index contributed by atoms with van der Waals surface area (Å²) in [6.45, 7) is 2.75. The van der Waals surface area contributed by atoms with E-state index >= 15 is 0 Å². The van der Waals surface area contributed by atoms with E-state index in [1.54, 1.807) is 11.9 Å². The monoisotopic (exact) mass is 262 g/mol. The highest BCUT2D eigenvalue weighted by Gasteiger charge is 2.26. The second-order valence-corrected chi connectivity index (χ2v) is 5.00. The van der Waals surface area contributed by atoms with Gasteiger partial charge in [0.05, 0.1) is 0 Å². The molecule has 0 saturated heterocycles. The van der Waals surface area contributed by atoms with Crippen molar-refractivity contribution in [2.24, 2.45) is 0 Å². The zero-order valence-corrected chi connectivity index (χ0v) is 11.9. The predicted molar refractivity (Wildman–Crippen MR) is 75.5 cm³/mol. The van der Waals surface area contributed by atoms with Gasteiger partial charge in [-0.3, -0.25) is 0 Å². The van der Waals surface area contributed by atoms with Crippen molar-refractivity contribution >= 4 is 6.09 Å². The van der Waals surface area contributed by atoms with Crippen LogP contribution in [0.1, 0.15) is 36.9 Å². The Morgan fingerprint density at radius 1 is 1.53 bits per heavy atom. The lowest BCUT2D eigenvalue weighted by Crippen LogP contribution is -2.30. The van der Waals surface area contributed by atoms with Gasteiger partial charge in [0, 0.05) is 25.2 Å². The number of nitrogens with zero attached hydrogens (tertiary/aromatic N) is 1. The number of benzene rings is 1. The molecule has 0 radical (unpaired) electrons. The van der Waals surface area contributed by atoms with Gasteiger partial charge in [-0.05, 0) is 37.9 Å².